The average Bonchev–Trinajstić information content (AvgIpc) is 3.36. The Kier molecular flexibility index (Phi) is 7.44. The van der Waals surface area contributed by atoms with Crippen molar-refractivity contribution >= 4 is 41.0 Å². The van der Waals surface area contributed by atoms with Gasteiger partial charge in [0.15, 0.2) is 6.61 Å². The molecule has 4 aliphatic rings. The summed E-state index contributed by atoms with van der Waals surface area (Å²) in [5, 5.41) is 2.62. The molecule has 9 heteroatoms. The van der Waals surface area contributed by atoms with Gasteiger partial charge in [0.2, 0.25) is 11.8 Å². The lowest BCUT2D eigenvalue weighted by Gasteiger charge is -2.45. The van der Waals surface area contributed by atoms with Crippen molar-refractivity contribution in [2.45, 2.75) is 25.2 Å². The van der Waals surface area contributed by atoms with E-state index in [1.165, 1.54) is 29.2 Å². The molecule has 230 valence electrons. The number of carbonyl (C=O) groups is 5. The van der Waals surface area contributed by atoms with Gasteiger partial charge in [-0.3, -0.25) is 14.4 Å². The number of amides is 3. The average molecular weight is 615 g/mol. The number of nitrogens with one attached hydrogen (secondary N) is 1. The predicted molar refractivity (Wildman–Crippen MR) is 168 cm³/mol. The number of hydrogen-bond donors (Lipinski definition) is 1. The van der Waals surface area contributed by atoms with E-state index in [0.717, 1.165) is 22.3 Å². The van der Waals surface area contributed by atoms with Crippen LogP contribution in [-0.4, -0.2) is 42.9 Å². The minimum Gasteiger partial charge on any atom is -0.462 e. The lowest BCUT2D eigenvalue weighted by atomic mass is 9.55. The van der Waals surface area contributed by atoms with Crippen molar-refractivity contribution in [1.29, 1.82) is 0 Å². The zero-order chi connectivity index (χ0) is 31.9. The number of nitrogens with zero attached hydrogens (tertiary/aromatic N) is 1. The van der Waals surface area contributed by atoms with Crippen molar-refractivity contribution in [3.63, 3.8) is 0 Å². The van der Waals surface area contributed by atoms with Crippen LogP contribution in [0.2, 0.25) is 0 Å². The lowest BCUT2D eigenvalue weighted by molar-refractivity contribution is -0.122. The second-order valence-corrected chi connectivity index (χ2v) is 11.7. The number of hydrogen-bond acceptors (Lipinski definition) is 7. The van der Waals surface area contributed by atoms with E-state index in [1.54, 1.807) is 24.3 Å². The topological polar surface area (TPSA) is 119 Å². The molecule has 0 spiro atoms. The summed E-state index contributed by atoms with van der Waals surface area (Å²) in [6.45, 7) is 1.66. The van der Waals surface area contributed by atoms with E-state index in [9.17, 15) is 24.0 Å². The Balaban J connectivity index is 1.05. The fraction of sp³-hybridized carbons (Fsp3) is 0.216. The van der Waals surface area contributed by atoms with Crippen LogP contribution in [0.4, 0.5) is 11.4 Å². The summed E-state index contributed by atoms with van der Waals surface area (Å²) in [4.78, 5) is 66.7. The van der Waals surface area contributed by atoms with E-state index in [-0.39, 0.29) is 34.9 Å². The highest BCUT2D eigenvalue weighted by Gasteiger charge is 2.61. The highest BCUT2D eigenvalue weighted by Crippen LogP contribution is 2.61. The summed E-state index contributed by atoms with van der Waals surface area (Å²) in [5.74, 6) is -3.93. The molecule has 1 heterocycles. The van der Waals surface area contributed by atoms with E-state index in [0.29, 0.717) is 24.3 Å². The number of esters is 2. The number of anilines is 2. The van der Waals surface area contributed by atoms with E-state index in [4.69, 9.17) is 9.47 Å². The highest BCUT2D eigenvalue weighted by molar-refractivity contribution is 6.23. The quantitative estimate of drug-likeness (QED) is 0.207. The second kappa shape index (κ2) is 11.7. The maximum atomic E-state index is 14.0. The molecule has 0 aromatic heterocycles. The van der Waals surface area contributed by atoms with Crippen LogP contribution in [0.15, 0.2) is 97.1 Å². The predicted octanol–water partition coefficient (Wildman–Crippen LogP) is 5.45. The molecule has 3 aliphatic carbocycles. The van der Waals surface area contributed by atoms with Crippen LogP contribution in [-0.2, 0) is 23.9 Å². The van der Waals surface area contributed by atoms with Crippen LogP contribution < -0.4 is 10.2 Å². The van der Waals surface area contributed by atoms with Crippen LogP contribution in [0.3, 0.4) is 0 Å². The number of ether oxygens (including phenoxy) is 2. The Morgan fingerprint density at radius 1 is 0.674 bits per heavy atom. The summed E-state index contributed by atoms with van der Waals surface area (Å²) in [6.07, 6.45) is 0.712. The number of imide groups is 1. The zero-order valence-electron chi connectivity index (χ0n) is 25.0. The maximum absolute atomic E-state index is 14.0. The molecule has 0 radical (unpaired) electrons. The molecule has 8 rings (SSSR count). The van der Waals surface area contributed by atoms with Crippen LogP contribution in [0, 0.1) is 11.8 Å². The smallest absolute Gasteiger partial charge is 0.338 e. The standard InChI is InChI=1S/C37H30N2O7/c1-2-18-45-36(43)21-14-16-23(17-15-21)38-29(40)20-46-37(44)22-8-7-9-24(19-22)39-34(41)32-30-25-10-3-4-11-26(25)31(33(32)35(39)42)28-13-6-5-12-27(28)30/h3-17,19,30-33H,2,18,20H2,1H3,(H,38,40)/t30?,31?,32-,33-/m1/s1. The molecular weight excluding hydrogens is 584 g/mol. The van der Waals surface area contributed by atoms with E-state index in [2.05, 4.69) is 5.32 Å². The molecule has 2 bridgehead atoms. The van der Waals surface area contributed by atoms with Gasteiger partial charge < -0.3 is 14.8 Å². The van der Waals surface area contributed by atoms with Gasteiger partial charge in [-0.2, -0.15) is 0 Å². The molecule has 46 heavy (non-hydrogen) atoms. The fourth-order valence-electron chi connectivity index (χ4n) is 7.08. The third-order valence-electron chi connectivity index (χ3n) is 8.96. The van der Waals surface area contributed by atoms with E-state index < -0.39 is 36.3 Å². The van der Waals surface area contributed by atoms with Gasteiger partial charge >= 0.3 is 11.9 Å². The third-order valence-corrected chi connectivity index (χ3v) is 8.96. The largest absolute Gasteiger partial charge is 0.462 e. The van der Waals surface area contributed by atoms with Crippen molar-refractivity contribution in [1.82, 2.24) is 0 Å². The van der Waals surface area contributed by atoms with Gasteiger partial charge in [0.1, 0.15) is 0 Å². The number of benzene rings is 4. The molecular formula is C37H30N2O7. The van der Waals surface area contributed by atoms with Crippen LogP contribution in [0.5, 0.6) is 0 Å². The van der Waals surface area contributed by atoms with Gasteiger partial charge in [-0.25, -0.2) is 14.5 Å². The first-order valence-electron chi connectivity index (χ1n) is 15.3. The summed E-state index contributed by atoms with van der Waals surface area (Å²) >= 11 is 0. The Morgan fingerprint density at radius 2 is 1.22 bits per heavy atom. The second-order valence-electron chi connectivity index (χ2n) is 11.7. The van der Waals surface area contributed by atoms with Gasteiger partial charge in [0.05, 0.1) is 35.3 Å². The maximum Gasteiger partial charge on any atom is 0.338 e. The first kappa shape index (κ1) is 29.2. The minimum atomic E-state index is -0.776. The number of rotatable bonds is 8. The molecule has 3 amide bonds. The Bertz CT molecular complexity index is 1780. The first-order valence-corrected chi connectivity index (χ1v) is 15.3. The van der Waals surface area contributed by atoms with Crippen molar-refractivity contribution in [2.75, 3.05) is 23.4 Å². The zero-order valence-corrected chi connectivity index (χ0v) is 25.0. The monoisotopic (exact) mass is 614 g/mol. The van der Waals surface area contributed by atoms with Gasteiger partial charge in [0.25, 0.3) is 5.91 Å². The molecule has 2 atom stereocenters. The van der Waals surface area contributed by atoms with Crippen molar-refractivity contribution in [3.05, 3.63) is 130 Å². The summed E-state index contributed by atoms with van der Waals surface area (Å²) in [6, 6.07) is 28.4. The minimum absolute atomic E-state index is 0.102. The lowest BCUT2D eigenvalue weighted by Crippen LogP contribution is -2.41. The Hall–Kier alpha value is -5.57. The molecule has 4 aromatic rings. The first-order chi connectivity index (χ1) is 22.4. The van der Waals surface area contributed by atoms with Crippen molar-refractivity contribution < 1.29 is 33.4 Å². The Labute approximate surface area is 265 Å². The number of carbonyl (C=O) groups excluding carboxylic acids is 5. The van der Waals surface area contributed by atoms with Crippen LogP contribution >= 0.6 is 0 Å². The Morgan fingerprint density at radius 3 is 1.76 bits per heavy atom. The normalized spacial score (nSPS) is 20.4. The molecule has 0 unspecified atom stereocenters. The summed E-state index contributed by atoms with van der Waals surface area (Å²) < 4.78 is 10.3. The van der Waals surface area contributed by atoms with Crippen LogP contribution in [0.1, 0.15) is 68.2 Å². The van der Waals surface area contributed by atoms with Crippen molar-refractivity contribution in [2.24, 2.45) is 11.8 Å². The molecule has 1 fully saturated rings. The van der Waals surface area contributed by atoms with Gasteiger partial charge in [0, 0.05) is 17.5 Å². The molecule has 1 saturated heterocycles. The summed E-state index contributed by atoms with van der Waals surface area (Å²) in [5.41, 5.74) is 5.48. The van der Waals surface area contributed by atoms with E-state index >= 15 is 0 Å². The van der Waals surface area contributed by atoms with Crippen molar-refractivity contribution in [3.8, 4) is 0 Å². The van der Waals surface area contributed by atoms with Gasteiger partial charge in [-0.15, -0.1) is 0 Å². The molecule has 0 saturated carbocycles. The third kappa shape index (κ3) is 4.84. The SMILES string of the molecule is CCCOC(=O)c1ccc(NC(=O)COC(=O)c2cccc(N3C(=O)[C@@H]4C5c6ccccc6C(c6ccccc65)[C@H]4C3=O)c2)cc1. The molecule has 9 nitrogen and oxygen atoms in total. The van der Waals surface area contributed by atoms with Crippen LogP contribution in [0.25, 0.3) is 0 Å². The fourth-order valence-corrected chi connectivity index (χ4v) is 7.08. The summed E-state index contributed by atoms with van der Waals surface area (Å²) in [7, 11) is 0. The molecule has 1 N–H and O–H groups in total. The molecule has 1 aliphatic heterocycles. The molecule has 4 aromatic carbocycles. The van der Waals surface area contributed by atoms with Gasteiger partial charge in [-0.05, 0) is 71.1 Å². The van der Waals surface area contributed by atoms with Gasteiger partial charge in [-0.1, -0.05) is 61.5 Å². The van der Waals surface area contributed by atoms with E-state index in [1.807, 2.05) is 55.5 Å². The highest BCUT2D eigenvalue weighted by atomic mass is 16.5.